The Morgan fingerprint density at radius 3 is 1.04 bits per heavy atom. The molecule has 13 aromatic carbocycles. The number of rotatable bonds is 11. The van der Waals surface area contributed by atoms with Gasteiger partial charge in [-0.3, -0.25) is 0 Å². The average Bonchev–Trinajstić information content (AvgIpc) is 4.09. The number of anilines is 6. The van der Waals surface area contributed by atoms with Crippen LogP contribution in [0, 0.1) is 0 Å². The van der Waals surface area contributed by atoms with E-state index in [0.29, 0.717) is 0 Å². The monoisotopic (exact) mass is 1040 g/mol. The van der Waals surface area contributed by atoms with E-state index < -0.39 is 0 Å². The Bertz CT molecular complexity index is 4490. The van der Waals surface area contributed by atoms with E-state index in [1.54, 1.807) is 0 Å². The van der Waals surface area contributed by atoms with Crippen LogP contribution < -0.4 is 9.80 Å². The van der Waals surface area contributed by atoms with Gasteiger partial charge in [0.05, 0.1) is 22.7 Å². The van der Waals surface area contributed by atoms with Crippen molar-refractivity contribution in [2.24, 2.45) is 0 Å². The van der Waals surface area contributed by atoms with Crippen LogP contribution in [0.3, 0.4) is 0 Å². The maximum absolute atomic E-state index is 7.14. The molecule has 15 aromatic rings. The molecule has 0 aliphatic carbocycles. The van der Waals surface area contributed by atoms with Crippen LogP contribution in [0.5, 0.6) is 0 Å². The van der Waals surface area contributed by atoms with Crippen molar-refractivity contribution in [1.82, 2.24) is 0 Å². The van der Waals surface area contributed by atoms with Gasteiger partial charge in [0.25, 0.3) is 0 Å². The molecule has 384 valence electrons. The number of furan rings is 2. The maximum atomic E-state index is 7.14. The molecule has 81 heavy (non-hydrogen) atoms. The largest absolute Gasteiger partial charge is 0.456 e. The quantitative estimate of drug-likeness (QED) is 0.129. The lowest BCUT2D eigenvalue weighted by atomic mass is 9.93. The Labute approximate surface area is 470 Å². The first-order chi connectivity index (χ1) is 40.0. The number of hydrogen-bond donors (Lipinski definition) is 0. The highest BCUT2D eigenvalue weighted by molar-refractivity contribution is 6.20. The number of para-hydroxylation sites is 4. The molecule has 0 saturated carbocycles. The minimum atomic E-state index is 0.141. The second-order valence-corrected chi connectivity index (χ2v) is 21.4. The predicted octanol–water partition coefficient (Wildman–Crippen LogP) is 22.5. The lowest BCUT2D eigenvalue weighted by Gasteiger charge is -2.30. The Morgan fingerprint density at radius 1 is 0.284 bits per heavy atom. The smallest absolute Gasteiger partial charge is 0.139 e. The Kier molecular flexibility index (Phi) is 11.7. The number of hydrogen-bond acceptors (Lipinski definition) is 4. The van der Waals surface area contributed by atoms with Crippen LogP contribution in [-0.4, -0.2) is 0 Å². The third-order valence-electron chi connectivity index (χ3n) is 16.1. The minimum absolute atomic E-state index is 0.141. The van der Waals surface area contributed by atoms with Gasteiger partial charge >= 0.3 is 0 Å². The standard InChI is InChI=1S/C77H54N2O2/c1-50(2)75-76-67-46-56-40-42-60(79(70-37-21-17-33-63(70)53-27-11-5-12-28-53)71-38-22-18-34-64(71)54-29-13-6-14-30-54)44-58(56)48-73(67)80-74(76)49-66-65-45-55-39-41-59(43-57(55)47-72(65)81-77(66)75)78(68-35-19-15-31-61(68)51-23-7-3-8-24-51)69-36-20-16-32-62(69)52-25-9-4-10-26-52/h3-50H,1-2H3. The fraction of sp³-hybridized carbons (Fsp3) is 0.0390. The van der Waals surface area contributed by atoms with Crippen molar-refractivity contribution >= 4 is 99.5 Å². The zero-order chi connectivity index (χ0) is 54.0. The molecule has 15 rings (SSSR count). The van der Waals surface area contributed by atoms with E-state index in [2.05, 4.69) is 309 Å². The van der Waals surface area contributed by atoms with Crippen LogP contribution in [0.2, 0.25) is 0 Å². The van der Waals surface area contributed by atoms with E-state index >= 15 is 0 Å². The van der Waals surface area contributed by atoms with E-state index in [0.717, 1.165) is 150 Å². The maximum Gasteiger partial charge on any atom is 0.139 e. The second-order valence-electron chi connectivity index (χ2n) is 21.4. The lowest BCUT2D eigenvalue weighted by Crippen LogP contribution is -2.12. The number of fused-ring (bicyclic) bond motifs is 8. The van der Waals surface area contributed by atoms with Gasteiger partial charge in [-0.1, -0.05) is 220 Å². The van der Waals surface area contributed by atoms with Gasteiger partial charge in [-0.05, 0) is 129 Å². The van der Waals surface area contributed by atoms with Gasteiger partial charge < -0.3 is 18.6 Å². The van der Waals surface area contributed by atoms with Gasteiger partial charge in [0.1, 0.15) is 22.3 Å². The van der Waals surface area contributed by atoms with Crippen molar-refractivity contribution in [1.29, 1.82) is 0 Å². The summed E-state index contributed by atoms with van der Waals surface area (Å²) >= 11 is 0. The summed E-state index contributed by atoms with van der Waals surface area (Å²) in [7, 11) is 0. The van der Waals surface area contributed by atoms with E-state index in [-0.39, 0.29) is 5.92 Å². The van der Waals surface area contributed by atoms with Crippen LogP contribution >= 0.6 is 0 Å². The molecule has 0 aliphatic heterocycles. The van der Waals surface area contributed by atoms with Gasteiger partial charge in [-0.15, -0.1) is 0 Å². The van der Waals surface area contributed by atoms with E-state index in [9.17, 15) is 0 Å². The molecular formula is C77H54N2O2. The van der Waals surface area contributed by atoms with Crippen LogP contribution in [0.25, 0.3) is 110 Å². The molecular weight excluding hydrogens is 985 g/mol. The SMILES string of the molecule is CC(C)c1c2oc3cc4cc(N(c5ccccc5-c5ccccc5)c5ccccc5-c5ccccc5)ccc4cc3c2cc2oc3cc4cc(N(c5ccccc5-c5ccccc5)c5ccccc5-c5ccccc5)ccc4cc3c12. The summed E-state index contributed by atoms with van der Waals surface area (Å²) in [5.74, 6) is 0.141. The molecule has 0 saturated heterocycles. The Morgan fingerprint density at radius 2 is 0.642 bits per heavy atom. The van der Waals surface area contributed by atoms with E-state index in [1.807, 2.05) is 0 Å². The summed E-state index contributed by atoms with van der Waals surface area (Å²) in [6.07, 6.45) is 0. The lowest BCUT2D eigenvalue weighted by molar-refractivity contribution is 0.655. The molecule has 0 spiro atoms. The van der Waals surface area contributed by atoms with Crippen molar-refractivity contribution in [3.63, 3.8) is 0 Å². The van der Waals surface area contributed by atoms with Crippen molar-refractivity contribution in [2.45, 2.75) is 19.8 Å². The van der Waals surface area contributed by atoms with Gasteiger partial charge in [-0.2, -0.15) is 0 Å². The summed E-state index contributed by atoms with van der Waals surface area (Å²) in [6, 6.07) is 103. The summed E-state index contributed by atoms with van der Waals surface area (Å²) in [5, 5.41) is 8.75. The highest BCUT2D eigenvalue weighted by Gasteiger charge is 2.26. The molecule has 0 aliphatic rings. The van der Waals surface area contributed by atoms with E-state index in [1.165, 1.54) is 0 Å². The fourth-order valence-corrected chi connectivity index (χ4v) is 12.4. The summed E-state index contributed by atoms with van der Waals surface area (Å²) in [5.41, 5.74) is 20.3. The van der Waals surface area contributed by atoms with Crippen molar-refractivity contribution in [3.8, 4) is 44.5 Å². The molecule has 0 amide bonds. The molecule has 4 heteroatoms. The van der Waals surface area contributed by atoms with Crippen molar-refractivity contribution in [3.05, 3.63) is 291 Å². The fourth-order valence-electron chi connectivity index (χ4n) is 12.4. The molecule has 4 nitrogen and oxygen atoms in total. The number of benzene rings is 13. The molecule has 0 radical (unpaired) electrons. The first-order valence-electron chi connectivity index (χ1n) is 27.9. The number of nitrogens with zero attached hydrogens (tertiary/aromatic N) is 2. The third-order valence-corrected chi connectivity index (χ3v) is 16.1. The third kappa shape index (κ3) is 8.31. The minimum Gasteiger partial charge on any atom is -0.456 e. The first-order valence-corrected chi connectivity index (χ1v) is 27.9. The van der Waals surface area contributed by atoms with Crippen molar-refractivity contribution in [2.75, 3.05) is 9.80 Å². The normalized spacial score (nSPS) is 11.7. The van der Waals surface area contributed by atoms with Crippen LogP contribution in [-0.2, 0) is 0 Å². The predicted molar refractivity (Wildman–Crippen MR) is 341 cm³/mol. The van der Waals surface area contributed by atoms with Gasteiger partial charge in [0, 0.05) is 60.7 Å². The Balaban J connectivity index is 0.873. The molecule has 2 heterocycles. The topological polar surface area (TPSA) is 32.8 Å². The van der Waals surface area contributed by atoms with Crippen LogP contribution in [0.4, 0.5) is 34.1 Å². The summed E-state index contributed by atoms with van der Waals surface area (Å²) in [4.78, 5) is 4.83. The van der Waals surface area contributed by atoms with Crippen LogP contribution in [0.1, 0.15) is 25.3 Å². The van der Waals surface area contributed by atoms with E-state index in [4.69, 9.17) is 8.83 Å². The van der Waals surface area contributed by atoms with Gasteiger partial charge in [0.15, 0.2) is 0 Å². The molecule has 0 fully saturated rings. The summed E-state index contributed by atoms with van der Waals surface area (Å²) < 4.78 is 14.2. The zero-order valence-corrected chi connectivity index (χ0v) is 44.9. The Hall–Kier alpha value is -10.4. The van der Waals surface area contributed by atoms with Gasteiger partial charge in [-0.25, -0.2) is 0 Å². The zero-order valence-electron chi connectivity index (χ0n) is 44.9. The average molecular weight is 1040 g/mol. The molecule has 0 bridgehead atoms. The molecule has 2 aromatic heterocycles. The second kappa shape index (κ2) is 19.8. The van der Waals surface area contributed by atoms with Gasteiger partial charge in [0.2, 0.25) is 0 Å². The summed E-state index contributed by atoms with van der Waals surface area (Å²) in [6.45, 7) is 4.53. The first kappa shape index (κ1) is 47.8. The van der Waals surface area contributed by atoms with Crippen molar-refractivity contribution < 1.29 is 8.83 Å². The highest BCUT2D eigenvalue weighted by Crippen LogP contribution is 2.50. The van der Waals surface area contributed by atoms with Crippen LogP contribution in [0.15, 0.2) is 294 Å². The highest BCUT2D eigenvalue weighted by atomic mass is 16.3. The molecule has 0 unspecified atom stereocenters. The molecule has 0 N–H and O–H groups in total. The molecule has 0 atom stereocenters.